The van der Waals surface area contributed by atoms with Crippen molar-refractivity contribution in [2.24, 2.45) is 0 Å². The summed E-state index contributed by atoms with van der Waals surface area (Å²) in [5.74, 6) is -3.33. The first-order valence-corrected chi connectivity index (χ1v) is 9.76. The van der Waals surface area contributed by atoms with Crippen LogP contribution in [0.15, 0.2) is 36.4 Å². The summed E-state index contributed by atoms with van der Waals surface area (Å²) in [6.45, 7) is 4.37. The molecule has 1 atom stereocenters. The maximum atomic E-state index is 12.5. The van der Waals surface area contributed by atoms with Gasteiger partial charge in [0.15, 0.2) is 6.61 Å². The van der Waals surface area contributed by atoms with E-state index < -0.39 is 47.5 Å². The number of aryl methyl sites for hydroxylation is 2. The smallest absolute Gasteiger partial charge is 0.326 e. The van der Waals surface area contributed by atoms with E-state index in [0.717, 1.165) is 22.8 Å². The minimum atomic E-state index is -0.990. The van der Waals surface area contributed by atoms with Crippen molar-refractivity contribution in [3.63, 3.8) is 0 Å². The van der Waals surface area contributed by atoms with Gasteiger partial charge in [0, 0.05) is 6.07 Å². The first kappa shape index (κ1) is 22.6. The summed E-state index contributed by atoms with van der Waals surface area (Å²) in [7, 11) is 0. The molecule has 32 heavy (non-hydrogen) atoms. The van der Waals surface area contributed by atoms with Crippen LogP contribution >= 0.6 is 0 Å². The highest BCUT2D eigenvalue weighted by molar-refractivity contribution is 6.24. The fraction of sp³-hybridized carbons (Fsp3) is 0.273. The number of carbonyl (C=O) groups is 4. The molecule has 0 saturated carbocycles. The van der Waals surface area contributed by atoms with E-state index in [1.54, 1.807) is 6.92 Å². The van der Waals surface area contributed by atoms with Crippen LogP contribution in [0.5, 0.6) is 0 Å². The minimum Gasteiger partial charge on any atom is -0.454 e. The number of amides is 3. The second-order valence-electron chi connectivity index (χ2n) is 7.45. The van der Waals surface area contributed by atoms with Gasteiger partial charge in [-0.3, -0.25) is 34.2 Å². The van der Waals surface area contributed by atoms with Gasteiger partial charge in [0.2, 0.25) is 0 Å². The van der Waals surface area contributed by atoms with Crippen molar-refractivity contribution >= 4 is 29.4 Å². The Labute approximate surface area is 183 Å². The average molecular weight is 439 g/mol. The van der Waals surface area contributed by atoms with Crippen LogP contribution < -0.4 is 5.32 Å². The Bertz CT molecular complexity index is 1140. The lowest BCUT2D eigenvalue weighted by atomic mass is 10.0. The van der Waals surface area contributed by atoms with Gasteiger partial charge in [0.1, 0.15) is 12.1 Å². The SMILES string of the molecule is Cc1ccc(C(C)NC(=O)COC(=O)CN2C(=O)c3cccc([N+](=O)[O-])c3C2=O)cc1C. The van der Waals surface area contributed by atoms with Gasteiger partial charge in [-0.2, -0.15) is 0 Å². The zero-order valence-electron chi connectivity index (χ0n) is 17.7. The van der Waals surface area contributed by atoms with Crippen LogP contribution in [0.4, 0.5) is 5.69 Å². The maximum absolute atomic E-state index is 12.5. The highest BCUT2D eigenvalue weighted by Gasteiger charge is 2.41. The zero-order chi connectivity index (χ0) is 23.6. The molecule has 3 rings (SSSR count). The summed E-state index contributed by atoms with van der Waals surface area (Å²) in [6.07, 6.45) is 0. The molecule has 10 heteroatoms. The molecule has 1 aliphatic heterocycles. The Morgan fingerprint density at radius 2 is 1.84 bits per heavy atom. The molecular formula is C22H21N3O7. The summed E-state index contributed by atoms with van der Waals surface area (Å²) in [4.78, 5) is 60.1. The topological polar surface area (TPSA) is 136 Å². The zero-order valence-corrected chi connectivity index (χ0v) is 17.7. The van der Waals surface area contributed by atoms with E-state index in [0.29, 0.717) is 4.90 Å². The lowest BCUT2D eigenvalue weighted by molar-refractivity contribution is -0.385. The molecule has 0 bridgehead atoms. The van der Waals surface area contributed by atoms with E-state index in [1.807, 2.05) is 32.0 Å². The molecule has 166 valence electrons. The van der Waals surface area contributed by atoms with Gasteiger partial charge in [-0.25, -0.2) is 0 Å². The first-order valence-electron chi connectivity index (χ1n) is 9.76. The lowest BCUT2D eigenvalue weighted by Gasteiger charge is -2.16. The van der Waals surface area contributed by atoms with Crippen molar-refractivity contribution in [1.82, 2.24) is 10.2 Å². The predicted molar refractivity (Wildman–Crippen MR) is 112 cm³/mol. The van der Waals surface area contributed by atoms with Crippen LogP contribution in [0.3, 0.4) is 0 Å². The van der Waals surface area contributed by atoms with Gasteiger partial charge in [-0.15, -0.1) is 0 Å². The number of nitrogens with zero attached hydrogens (tertiary/aromatic N) is 2. The van der Waals surface area contributed by atoms with E-state index in [2.05, 4.69) is 5.32 Å². The standard InChI is InChI=1S/C22H21N3O7/c1-12-7-8-15(9-13(12)2)14(3)23-18(26)11-32-19(27)10-24-21(28)16-5-4-6-17(25(30)31)20(16)22(24)29/h4-9,14H,10-11H2,1-3H3,(H,23,26). The Hall–Kier alpha value is -4.08. The maximum Gasteiger partial charge on any atom is 0.326 e. The number of rotatable bonds is 7. The third-order valence-corrected chi connectivity index (χ3v) is 5.23. The van der Waals surface area contributed by atoms with Crippen molar-refractivity contribution in [3.05, 3.63) is 74.3 Å². The first-order chi connectivity index (χ1) is 15.1. The Morgan fingerprint density at radius 1 is 1.12 bits per heavy atom. The van der Waals surface area contributed by atoms with Crippen LogP contribution in [0, 0.1) is 24.0 Å². The molecule has 2 aromatic rings. The fourth-order valence-corrected chi connectivity index (χ4v) is 3.33. The summed E-state index contributed by atoms with van der Waals surface area (Å²) >= 11 is 0. The molecular weight excluding hydrogens is 418 g/mol. The molecule has 0 spiro atoms. The number of esters is 1. The van der Waals surface area contributed by atoms with Crippen molar-refractivity contribution in [1.29, 1.82) is 0 Å². The van der Waals surface area contributed by atoms with Gasteiger partial charge in [-0.05, 0) is 43.5 Å². The highest BCUT2D eigenvalue weighted by Crippen LogP contribution is 2.30. The highest BCUT2D eigenvalue weighted by atomic mass is 16.6. The van der Waals surface area contributed by atoms with Crippen LogP contribution in [0.25, 0.3) is 0 Å². The normalized spacial score (nSPS) is 13.5. The largest absolute Gasteiger partial charge is 0.454 e. The van der Waals surface area contributed by atoms with Gasteiger partial charge < -0.3 is 10.1 Å². The molecule has 1 unspecified atom stereocenters. The van der Waals surface area contributed by atoms with Crippen LogP contribution in [0.1, 0.15) is 50.4 Å². The number of fused-ring (bicyclic) bond motifs is 1. The molecule has 2 aromatic carbocycles. The van der Waals surface area contributed by atoms with E-state index >= 15 is 0 Å². The molecule has 1 N–H and O–H groups in total. The van der Waals surface area contributed by atoms with E-state index in [9.17, 15) is 29.3 Å². The molecule has 1 aliphatic rings. The Morgan fingerprint density at radius 3 is 2.50 bits per heavy atom. The summed E-state index contributed by atoms with van der Waals surface area (Å²) in [5.41, 5.74) is 2.06. The van der Waals surface area contributed by atoms with Crippen molar-refractivity contribution < 1.29 is 28.8 Å². The van der Waals surface area contributed by atoms with Crippen molar-refractivity contribution in [2.45, 2.75) is 26.8 Å². The number of hydrogen-bond acceptors (Lipinski definition) is 7. The lowest BCUT2D eigenvalue weighted by Crippen LogP contribution is -2.37. The third kappa shape index (κ3) is 4.48. The molecule has 1 heterocycles. The monoisotopic (exact) mass is 439 g/mol. The number of carbonyl (C=O) groups excluding carboxylic acids is 4. The predicted octanol–water partition coefficient (Wildman–Crippen LogP) is 2.23. The van der Waals surface area contributed by atoms with Crippen LogP contribution in [-0.4, -0.2) is 46.7 Å². The van der Waals surface area contributed by atoms with Crippen molar-refractivity contribution in [2.75, 3.05) is 13.2 Å². The molecule has 0 fully saturated rings. The van der Waals surface area contributed by atoms with Gasteiger partial charge in [0.05, 0.1) is 16.5 Å². The number of hydrogen-bond donors (Lipinski definition) is 1. The van der Waals surface area contributed by atoms with Crippen LogP contribution in [0.2, 0.25) is 0 Å². The molecule has 0 aromatic heterocycles. The molecule has 0 saturated heterocycles. The quantitative estimate of drug-likeness (QED) is 0.302. The number of benzene rings is 2. The number of nitro groups is 1. The Balaban J connectivity index is 1.57. The second kappa shape index (κ2) is 8.96. The Kier molecular flexibility index (Phi) is 6.33. The fourth-order valence-electron chi connectivity index (χ4n) is 3.33. The number of nitro benzene ring substituents is 1. The number of ether oxygens (including phenoxy) is 1. The van der Waals surface area contributed by atoms with E-state index in [4.69, 9.17) is 4.74 Å². The summed E-state index contributed by atoms with van der Waals surface area (Å²) < 4.78 is 4.89. The van der Waals surface area contributed by atoms with Crippen LogP contribution in [-0.2, 0) is 14.3 Å². The van der Waals surface area contributed by atoms with Gasteiger partial charge >= 0.3 is 5.97 Å². The molecule has 3 amide bonds. The summed E-state index contributed by atoms with van der Waals surface area (Å²) in [5, 5.41) is 13.8. The minimum absolute atomic E-state index is 0.156. The van der Waals surface area contributed by atoms with Gasteiger partial charge in [0.25, 0.3) is 23.4 Å². The summed E-state index contributed by atoms with van der Waals surface area (Å²) in [6, 6.07) is 9.12. The average Bonchev–Trinajstić information content (AvgIpc) is 2.99. The number of nitrogens with one attached hydrogen (secondary N) is 1. The molecule has 10 nitrogen and oxygen atoms in total. The number of imide groups is 1. The molecule has 0 aliphatic carbocycles. The third-order valence-electron chi connectivity index (χ3n) is 5.23. The second-order valence-corrected chi connectivity index (χ2v) is 7.45. The van der Waals surface area contributed by atoms with Crippen molar-refractivity contribution in [3.8, 4) is 0 Å². The van der Waals surface area contributed by atoms with Gasteiger partial charge in [-0.1, -0.05) is 24.3 Å². The molecule has 0 radical (unpaired) electrons. The van der Waals surface area contributed by atoms with E-state index in [1.165, 1.54) is 12.1 Å². The van der Waals surface area contributed by atoms with E-state index in [-0.39, 0.29) is 17.2 Å².